The highest BCUT2D eigenvalue weighted by Gasteiger charge is 2.36. The number of likely N-dealkylation sites (tertiary alicyclic amines) is 1. The zero-order valence-corrected chi connectivity index (χ0v) is 11.1. The van der Waals surface area contributed by atoms with Gasteiger partial charge in [-0.2, -0.15) is 0 Å². The van der Waals surface area contributed by atoms with Crippen molar-refractivity contribution in [1.29, 1.82) is 0 Å². The number of carbonyl (C=O) groups is 3. The molecule has 0 radical (unpaired) electrons. The van der Waals surface area contributed by atoms with Gasteiger partial charge in [-0.3, -0.25) is 19.3 Å². The number of esters is 1. The Kier molecular flexibility index (Phi) is 4.84. The molecule has 0 aromatic heterocycles. The predicted molar refractivity (Wildman–Crippen MR) is 64.7 cm³/mol. The first kappa shape index (κ1) is 14.6. The minimum Gasteiger partial charge on any atom is -0.468 e. The first-order valence-corrected chi connectivity index (χ1v) is 6.11. The van der Waals surface area contributed by atoms with Gasteiger partial charge in [0.25, 0.3) is 0 Å². The monoisotopic (exact) mass is 256 g/mol. The summed E-state index contributed by atoms with van der Waals surface area (Å²) in [6, 6.07) is 0. The van der Waals surface area contributed by atoms with Crippen molar-refractivity contribution in [3.63, 3.8) is 0 Å². The molecule has 0 spiro atoms. The maximum atomic E-state index is 11.7. The Hall–Kier alpha value is -1.43. The fraction of sp³-hybridized carbons (Fsp3) is 0.750. The minimum absolute atomic E-state index is 0.163. The molecule has 1 rings (SSSR count). The fourth-order valence-electron chi connectivity index (χ4n) is 2.09. The predicted octanol–water partition coefficient (Wildman–Crippen LogP) is 0.0667. The van der Waals surface area contributed by atoms with Crippen molar-refractivity contribution in [1.82, 2.24) is 10.2 Å². The zero-order valence-electron chi connectivity index (χ0n) is 11.1. The molecular formula is C12H20N2O4. The fourth-order valence-corrected chi connectivity index (χ4v) is 2.09. The number of rotatable bonds is 6. The van der Waals surface area contributed by atoms with Gasteiger partial charge in [0.2, 0.25) is 11.8 Å². The molecule has 1 atom stereocenters. The van der Waals surface area contributed by atoms with E-state index < -0.39 is 5.54 Å². The highest BCUT2D eigenvalue weighted by Crippen LogP contribution is 2.17. The maximum absolute atomic E-state index is 11.7. The zero-order chi connectivity index (χ0) is 13.8. The summed E-state index contributed by atoms with van der Waals surface area (Å²) >= 11 is 0. The molecule has 1 aliphatic rings. The number of amides is 2. The molecule has 1 heterocycles. The number of hydrogen-bond donors (Lipinski definition) is 1. The summed E-state index contributed by atoms with van der Waals surface area (Å²) in [6.07, 6.45) is 0.898. The van der Waals surface area contributed by atoms with Gasteiger partial charge in [-0.05, 0) is 19.9 Å². The van der Waals surface area contributed by atoms with Crippen LogP contribution in [0.2, 0.25) is 0 Å². The molecule has 0 aliphatic carbocycles. The molecule has 0 bridgehead atoms. The first-order chi connectivity index (χ1) is 8.44. The smallest absolute Gasteiger partial charge is 0.325 e. The van der Waals surface area contributed by atoms with E-state index in [1.165, 1.54) is 12.0 Å². The van der Waals surface area contributed by atoms with Crippen LogP contribution in [0.25, 0.3) is 0 Å². The average Bonchev–Trinajstić information content (AvgIpc) is 2.66. The van der Waals surface area contributed by atoms with Crippen molar-refractivity contribution >= 4 is 17.8 Å². The van der Waals surface area contributed by atoms with Gasteiger partial charge >= 0.3 is 5.97 Å². The molecule has 0 saturated carbocycles. The van der Waals surface area contributed by atoms with Gasteiger partial charge in [-0.1, -0.05) is 6.92 Å². The van der Waals surface area contributed by atoms with Crippen LogP contribution in [0.5, 0.6) is 0 Å². The van der Waals surface area contributed by atoms with Crippen LogP contribution >= 0.6 is 0 Å². The summed E-state index contributed by atoms with van der Waals surface area (Å²) < 4.78 is 4.75. The van der Waals surface area contributed by atoms with Crippen LogP contribution < -0.4 is 5.32 Å². The van der Waals surface area contributed by atoms with Crippen molar-refractivity contribution in [3.8, 4) is 0 Å². The Labute approximate surface area is 107 Å². The standard InChI is InChI=1S/C12H20N2O4/c1-4-13-12(2,11(17)18-3)7-8-14-9(15)5-6-10(14)16/h13H,4-8H2,1-3H3. The highest BCUT2D eigenvalue weighted by atomic mass is 16.5. The second kappa shape index (κ2) is 5.95. The lowest BCUT2D eigenvalue weighted by Gasteiger charge is -2.29. The van der Waals surface area contributed by atoms with E-state index >= 15 is 0 Å². The third kappa shape index (κ3) is 3.07. The Morgan fingerprint density at radius 2 is 1.94 bits per heavy atom. The van der Waals surface area contributed by atoms with Gasteiger partial charge in [0.15, 0.2) is 0 Å². The molecule has 2 amide bonds. The van der Waals surface area contributed by atoms with Crippen molar-refractivity contribution < 1.29 is 19.1 Å². The van der Waals surface area contributed by atoms with Crippen LogP contribution in [0.1, 0.15) is 33.1 Å². The van der Waals surface area contributed by atoms with Crippen molar-refractivity contribution in [2.24, 2.45) is 0 Å². The molecule has 1 saturated heterocycles. The van der Waals surface area contributed by atoms with Crippen LogP contribution in [0.3, 0.4) is 0 Å². The number of nitrogens with one attached hydrogen (secondary N) is 1. The third-order valence-electron chi connectivity index (χ3n) is 3.19. The molecule has 102 valence electrons. The van der Waals surface area contributed by atoms with Gasteiger partial charge in [0.1, 0.15) is 5.54 Å². The maximum Gasteiger partial charge on any atom is 0.325 e. The van der Waals surface area contributed by atoms with E-state index in [-0.39, 0.29) is 37.2 Å². The topological polar surface area (TPSA) is 75.7 Å². The van der Waals surface area contributed by atoms with E-state index in [9.17, 15) is 14.4 Å². The molecule has 6 heteroatoms. The Morgan fingerprint density at radius 1 is 1.39 bits per heavy atom. The summed E-state index contributed by atoms with van der Waals surface area (Å²) in [6.45, 7) is 4.45. The number of imide groups is 1. The number of hydrogen-bond acceptors (Lipinski definition) is 5. The van der Waals surface area contributed by atoms with Crippen LogP contribution in [0, 0.1) is 0 Å². The van der Waals surface area contributed by atoms with Gasteiger partial charge in [-0.15, -0.1) is 0 Å². The molecule has 1 aliphatic heterocycles. The van der Waals surface area contributed by atoms with E-state index in [0.717, 1.165) is 0 Å². The second-order valence-corrected chi connectivity index (χ2v) is 4.54. The van der Waals surface area contributed by atoms with Crippen molar-refractivity contribution in [3.05, 3.63) is 0 Å². The summed E-state index contributed by atoms with van der Waals surface area (Å²) in [5, 5.41) is 3.04. The van der Waals surface area contributed by atoms with Crippen LogP contribution in [0.4, 0.5) is 0 Å². The van der Waals surface area contributed by atoms with Crippen LogP contribution in [-0.4, -0.2) is 48.4 Å². The lowest BCUT2D eigenvalue weighted by Crippen LogP contribution is -2.52. The molecule has 6 nitrogen and oxygen atoms in total. The van der Waals surface area contributed by atoms with Gasteiger partial charge in [0, 0.05) is 19.4 Å². The van der Waals surface area contributed by atoms with E-state index in [0.29, 0.717) is 13.0 Å². The van der Waals surface area contributed by atoms with E-state index in [1.807, 2.05) is 6.92 Å². The Balaban J connectivity index is 2.65. The Morgan fingerprint density at radius 3 is 2.39 bits per heavy atom. The lowest BCUT2D eigenvalue weighted by molar-refractivity contribution is -0.149. The van der Waals surface area contributed by atoms with E-state index in [1.54, 1.807) is 6.92 Å². The number of methoxy groups -OCH3 is 1. The SMILES string of the molecule is CCNC(C)(CCN1C(=O)CCC1=O)C(=O)OC. The van der Waals surface area contributed by atoms with E-state index in [4.69, 9.17) is 4.74 Å². The normalized spacial score (nSPS) is 18.9. The number of nitrogens with zero attached hydrogens (tertiary/aromatic N) is 1. The van der Waals surface area contributed by atoms with Crippen LogP contribution in [-0.2, 0) is 19.1 Å². The lowest BCUT2D eigenvalue weighted by atomic mass is 9.97. The third-order valence-corrected chi connectivity index (χ3v) is 3.19. The summed E-state index contributed by atoms with van der Waals surface area (Å²) in [5.74, 6) is -0.712. The largest absolute Gasteiger partial charge is 0.468 e. The Bertz CT molecular complexity index is 340. The molecule has 1 unspecified atom stereocenters. The van der Waals surface area contributed by atoms with Crippen LogP contribution in [0.15, 0.2) is 0 Å². The molecular weight excluding hydrogens is 236 g/mol. The summed E-state index contributed by atoms with van der Waals surface area (Å²) in [4.78, 5) is 35.9. The van der Waals surface area contributed by atoms with Gasteiger partial charge in [-0.25, -0.2) is 0 Å². The molecule has 0 aromatic rings. The molecule has 1 N–H and O–H groups in total. The minimum atomic E-state index is -0.868. The number of likely N-dealkylation sites (N-methyl/N-ethyl adjacent to an activating group) is 1. The van der Waals surface area contributed by atoms with Crippen molar-refractivity contribution in [2.45, 2.75) is 38.6 Å². The van der Waals surface area contributed by atoms with Gasteiger partial charge < -0.3 is 10.1 Å². The quantitative estimate of drug-likeness (QED) is 0.537. The number of carbonyl (C=O) groups excluding carboxylic acids is 3. The van der Waals surface area contributed by atoms with Crippen molar-refractivity contribution in [2.75, 3.05) is 20.2 Å². The highest BCUT2D eigenvalue weighted by molar-refractivity contribution is 6.01. The second-order valence-electron chi connectivity index (χ2n) is 4.54. The molecule has 1 fully saturated rings. The summed E-state index contributed by atoms with van der Waals surface area (Å²) in [5.41, 5.74) is -0.868. The summed E-state index contributed by atoms with van der Waals surface area (Å²) in [7, 11) is 1.32. The number of ether oxygens (including phenoxy) is 1. The average molecular weight is 256 g/mol. The van der Waals surface area contributed by atoms with Gasteiger partial charge in [0.05, 0.1) is 7.11 Å². The molecule has 18 heavy (non-hydrogen) atoms. The van der Waals surface area contributed by atoms with E-state index in [2.05, 4.69) is 5.32 Å². The molecule has 0 aromatic carbocycles. The first-order valence-electron chi connectivity index (χ1n) is 6.11.